The smallest absolute Gasteiger partial charge is 0.296 e. The molecule has 1 aliphatic carbocycles. The maximum absolute atomic E-state index is 10.9. The van der Waals surface area contributed by atoms with Gasteiger partial charge in [-0.3, -0.25) is 0 Å². The highest BCUT2D eigenvalue weighted by Crippen LogP contribution is 2.40. The van der Waals surface area contributed by atoms with Crippen molar-refractivity contribution in [3.63, 3.8) is 0 Å². The Hall–Kier alpha value is -0.550. The molecular formula is C7H8ClNO3S. The van der Waals surface area contributed by atoms with E-state index < -0.39 is 9.05 Å². The van der Waals surface area contributed by atoms with E-state index in [1.165, 1.54) is 0 Å². The first-order valence-corrected chi connectivity index (χ1v) is 6.21. The van der Waals surface area contributed by atoms with Gasteiger partial charge in [0.1, 0.15) is 0 Å². The Morgan fingerprint density at radius 3 is 2.54 bits per heavy atom. The van der Waals surface area contributed by atoms with Gasteiger partial charge >= 0.3 is 0 Å². The standard InChI is InChI=1S/C7H8ClNO3S/c1-4-7(13(8,10)11)12-6(9-4)5-2-3-5/h5H,2-3H2,1H3. The molecule has 2 rings (SSSR count). The second-order valence-corrected chi connectivity index (χ2v) is 5.60. The highest BCUT2D eigenvalue weighted by Gasteiger charge is 2.31. The molecule has 0 aromatic carbocycles. The average Bonchev–Trinajstić information content (AvgIpc) is 2.73. The molecule has 1 heterocycles. The van der Waals surface area contributed by atoms with Gasteiger partial charge < -0.3 is 4.42 Å². The third-order valence-corrected chi connectivity index (χ3v) is 3.16. The molecule has 4 nitrogen and oxygen atoms in total. The zero-order valence-corrected chi connectivity index (χ0v) is 8.52. The van der Waals surface area contributed by atoms with Gasteiger partial charge in [0, 0.05) is 16.6 Å². The fraction of sp³-hybridized carbons (Fsp3) is 0.571. The molecule has 0 N–H and O–H groups in total. The number of hydrogen-bond acceptors (Lipinski definition) is 4. The quantitative estimate of drug-likeness (QED) is 0.715. The highest BCUT2D eigenvalue weighted by atomic mass is 35.7. The zero-order valence-electron chi connectivity index (χ0n) is 6.95. The first-order valence-electron chi connectivity index (χ1n) is 3.90. The largest absolute Gasteiger partial charge is 0.427 e. The topological polar surface area (TPSA) is 60.2 Å². The van der Waals surface area contributed by atoms with Crippen molar-refractivity contribution in [2.24, 2.45) is 0 Å². The van der Waals surface area contributed by atoms with Gasteiger partial charge in [-0.15, -0.1) is 0 Å². The van der Waals surface area contributed by atoms with Gasteiger partial charge in [-0.2, -0.15) is 0 Å². The van der Waals surface area contributed by atoms with E-state index in [9.17, 15) is 8.42 Å². The van der Waals surface area contributed by atoms with Crippen LogP contribution in [0.25, 0.3) is 0 Å². The van der Waals surface area contributed by atoms with Crippen LogP contribution >= 0.6 is 10.7 Å². The molecule has 0 radical (unpaired) electrons. The van der Waals surface area contributed by atoms with Gasteiger partial charge in [0.25, 0.3) is 14.1 Å². The Kier molecular flexibility index (Phi) is 1.89. The zero-order chi connectivity index (χ0) is 9.64. The molecule has 0 bridgehead atoms. The molecule has 1 aromatic rings. The van der Waals surface area contributed by atoms with Gasteiger partial charge in [0.2, 0.25) is 0 Å². The van der Waals surface area contributed by atoms with Crippen molar-refractivity contribution in [2.75, 3.05) is 0 Å². The normalized spacial score (nSPS) is 17.7. The van der Waals surface area contributed by atoms with Gasteiger partial charge in [0.15, 0.2) is 5.89 Å². The summed E-state index contributed by atoms with van der Waals surface area (Å²) < 4.78 is 27.0. The Bertz CT molecular complexity index is 433. The number of halogens is 1. The molecule has 0 spiro atoms. The number of oxazole rings is 1. The lowest BCUT2D eigenvalue weighted by Gasteiger charge is -1.88. The first kappa shape index (κ1) is 9.02. The minimum atomic E-state index is -3.78. The van der Waals surface area contributed by atoms with Crippen molar-refractivity contribution in [3.05, 3.63) is 11.6 Å². The summed E-state index contributed by atoms with van der Waals surface area (Å²) in [5.74, 6) is 0.794. The molecule has 1 aromatic heterocycles. The molecule has 0 saturated heterocycles. The third-order valence-electron chi connectivity index (χ3n) is 1.92. The predicted molar refractivity (Wildman–Crippen MR) is 46.3 cm³/mol. The fourth-order valence-electron chi connectivity index (χ4n) is 1.13. The van der Waals surface area contributed by atoms with E-state index >= 15 is 0 Å². The molecule has 0 amide bonds. The number of rotatable bonds is 2. The van der Waals surface area contributed by atoms with Crippen molar-refractivity contribution < 1.29 is 12.8 Å². The Balaban J connectivity index is 2.47. The van der Waals surface area contributed by atoms with E-state index in [1.807, 2.05) is 0 Å². The maximum Gasteiger partial charge on any atom is 0.296 e. The number of hydrogen-bond donors (Lipinski definition) is 0. The van der Waals surface area contributed by atoms with Crippen LogP contribution in [0.2, 0.25) is 0 Å². The van der Waals surface area contributed by atoms with Crippen molar-refractivity contribution in [2.45, 2.75) is 30.8 Å². The van der Waals surface area contributed by atoms with E-state index in [4.69, 9.17) is 15.1 Å². The Morgan fingerprint density at radius 2 is 2.15 bits per heavy atom. The van der Waals surface area contributed by atoms with E-state index in [0.717, 1.165) is 12.8 Å². The molecule has 0 aliphatic heterocycles. The fourth-order valence-corrected chi connectivity index (χ4v) is 2.15. The van der Waals surface area contributed by atoms with Crippen molar-refractivity contribution in [1.29, 1.82) is 0 Å². The predicted octanol–water partition coefficient (Wildman–Crippen LogP) is 1.79. The van der Waals surface area contributed by atoms with Crippen LogP contribution in [-0.4, -0.2) is 13.4 Å². The molecule has 1 aliphatic rings. The van der Waals surface area contributed by atoms with E-state index in [0.29, 0.717) is 17.5 Å². The lowest BCUT2D eigenvalue weighted by molar-refractivity contribution is 0.410. The van der Waals surface area contributed by atoms with Crippen LogP contribution in [0, 0.1) is 6.92 Å². The van der Waals surface area contributed by atoms with Crippen LogP contribution < -0.4 is 0 Å². The van der Waals surface area contributed by atoms with Crippen LogP contribution in [0.5, 0.6) is 0 Å². The molecule has 1 fully saturated rings. The highest BCUT2D eigenvalue weighted by molar-refractivity contribution is 8.13. The molecule has 6 heteroatoms. The van der Waals surface area contributed by atoms with Gasteiger partial charge in [-0.1, -0.05) is 0 Å². The summed E-state index contributed by atoms with van der Waals surface area (Å²) in [6.07, 6.45) is 2.03. The summed E-state index contributed by atoms with van der Waals surface area (Å²) in [5, 5.41) is -0.212. The van der Waals surface area contributed by atoms with Crippen molar-refractivity contribution in [1.82, 2.24) is 4.98 Å². The van der Waals surface area contributed by atoms with Crippen LogP contribution in [0.15, 0.2) is 9.51 Å². The monoisotopic (exact) mass is 221 g/mol. The van der Waals surface area contributed by atoms with Crippen LogP contribution in [0.4, 0.5) is 0 Å². The van der Waals surface area contributed by atoms with Gasteiger partial charge in [-0.05, 0) is 19.8 Å². The second kappa shape index (κ2) is 2.72. The van der Waals surface area contributed by atoms with E-state index in [1.54, 1.807) is 6.92 Å². The summed E-state index contributed by atoms with van der Waals surface area (Å²) in [6, 6.07) is 0. The minimum absolute atomic E-state index is 0.212. The SMILES string of the molecule is Cc1nc(C2CC2)oc1S(=O)(=O)Cl. The third kappa shape index (κ3) is 1.71. The molecule has 0 unspecified atom stereocenters. The minimum Gasteiger partial charge on any atom is -0.427 e. The second-order valence-electron chi connectivity index (χ2n) is 3.14. The first-order chi connectivity index (χ1) is 5.98. The average molecular weight is 222 g/mol. The van der Waals surface area contributed by atoms with Crippen molar-refractivity contribution >= 4 is 19.7 Å². The summed E-state index contributed by atoms with van der Waals surface area (Å²) in [6.45, 7) is 1.57. The maximum atomic E-state index is 10.9. The molecular weight excluding hydrogens is 214 g/mol. The number of aryl methyl sites for hydroxylation is 1. The lowest BCUT2D eigenvalue weighted by atomic mass is 10.4. The summed E-state index contributed by atoms with van der Waals surface area (Å²) >= 11 is 0. The molecule has 72 valence electrons. The Labute approximate surface area is 80.3 Å². The lowest BCUT2D eigenvalue weighted by Crippen LogP contribution is -1.89. The summed E-state index contributed by atoms with van der Waals surface area (Å²) in [4.78, 5) is 4.01. The van der Waals surface area contributed by atoms with Gasteiger partial charge in [0.05, 0.1) is 5.69 Å². The molecule has 1 saturated carbocycles. The summed E-state index contributed by atoms with van der Waals surface area (Å²) in [5.41, 5.74) is 0.344. The van der Waals surface area contributed by atoms with Crippen LogP contribution in [-0.2, 0) is 9.05 Å². The van der Waals surface area contributed by atoms with E-state index in [-0.39, 0.29) is 5.09 Å². The Morgan fingerprint density at radius 1 is 1.54 bits per heavy atom. The molecule has 0 atom stereocenters. The number of nitrogens with zero attached hydrogens (tertiary/aromatic N) is 1. The van der Waals surface area contributed by atoms with Crippen LogP contribution in [0.3, 0.4) is 0 Å². The van der Waals surface area contributed by atoms with Gasteiger partial charge in [-0.25, -0.2) is 13.4 Å². The van der Waals surface area contributed by atoms with Crippen molar-refractivity contribution in [3.8, 4) is 0 Å². The van der Waals surface area contributed by atoms with E-state index in [2.05, 4.69) is 4.98 Å². The number of aromatic nitrogens is 1. The van der Waals surface area contributed by atoms with Crippen LogP contribution in [0.1, 0.15) is 30.3 Å². The molecule has 13 heavy (non-hydrogen) atoms. The summed E-state index contributed by atoms with van der Waals surface area (Å²) in [7, 11) is 1.37.